The fourth-order valence-corrected chi connectivity index (χ4v) is 2.45. The van der Waals surface area contributed by atoms with Gasteiger partial charge in [0.25, 0.3) is 0 Å². The van der Waals surface area contributed by atoms with E-state index in [9.17, 15) is 5.11 Å². The number of aliphatic hydroxyl groups excluding tert-OH is 1. The van der Waals surface area contributed by atoms with Gasteiger partial charge in [0.05, 0.1) is 13.2 Å². The van der Waals surface area contributed by atoms with Crippen molar-refractivity contribution in [1.82, 2.24) is 0 Å². The van der Waals surface area contributed by atoms with Crippen LogP contribution in [-0.4, -0.2) is 24.4 Å². The second-order valence-electron chi connectivity index (χ2n) is 4.76. The van der Waals surface area contributed by atoms with E-state index in [-0.39, 0.29) is 13.2 Å². The van der Waals surface area contributed by atoms with Crippen LogP contribution in [0.2, 0.25) is 0 Å². The Morgan fingerprint density at radius 3 is 2.75 bits per heavy atom. The van der Waals surface area contributed by atoms with Crippen LogP contribution in [0, 0.1) is 13.8 Å². The fourth-order valence-electron chi connectivity index (χ4n) is 1.80. The first kappa shape index (κ1) is 15.0. The molecule has 1 aromatic heterocycles. The van der Waals surface area contributed by atoms with Crippen LogP contribution in [-0.2, 0) is 11.3 Å². The minimum Gasteiger partial charge on any atom is -0.491 e. The molecule has 108 valence electrons. The number of thiophene rings is 1. The Balaban J connectivity index is 1.72. The van der Waals surface area contributed by atoms with E-state index in [4.69, 9.17) is 9.47 Å². The lowest BCUT2D eigenvalue weighted by molar-refractivity contribution is 0.00613. The minimum absolute atomic E-state index is 0.245. The van der Waals surface area contributed by atoms with Gasteiger partial charge in [0.2, 0.25) is 0 Å². The Labute approximate surface area is 123 Å². The van der Waals surface area contributed by atoms with Gasteiger partial charge in [0, 0.05) is 4.88 Å². The van der Waals surface area contributed by atoms with E-state index in [1.165, 1.54) is 5.56 Å². The first-order chi connectivity index (χ1) is 9.66. The Morgan fingerprint density at radius 2 is 2.00 bits per heavy atom. The van der Waals surface area contributed by atoms with Crippen LogP contribution < -0.4 is 4.74 Å². The van der Waals surface area contributed by atoms with E-state index in [1.807, 2.05) is 49.6 Å². The van der Waals surface area contributed by atoms with E-state index in [1.54, 1.807) is 11.3 Å². The molecule has 1 unspecified atom stereocenters. The maximum Gasteiger partial charge on any atom is 0.122 e. The van der Waals surface area contributed by atoms with Gasteiger partial charge in [-0.1, -0.05) is 18.2 Å². The van der Waals surface area contributed by atoms with Crippen molar-refractivity contribution in [3.05, 3.63) is 51.7 Å². The zero-order valence-electron chi connectivity index (χ0n) is 11.8. The highest BCUT2D eigenvalue weighted by Gasteiger charge is 2.08. The molecule has 0 saturated heterocycles. The molecule has 0 bridgehead atoms. The topological polar surface area (TPSA) is 38.7 Å². The SMILES string of the molecule is Cc1cccc(OCC(O)COCc2cccs2)c1C. The van der Waals surface area contributed by atoms with Crippen LogP contribution in [0.3, 0.4) is 0 Å². The maximum atomic E-state index is 9.85. The van der Waals surface area contributed by atoms with Gasteiger partial charge in [-0.3, -0.25) is 0 Å². The number of ether oxygens (including phenoxy) is 2. The molecule has 2 rings (SSSR count). The third kappa shape index (κ3) is 4.34. The van der Waals surface area contributed by atoms with Crippen LogP contribution >= 0.6 is 11.3 Å². The summed E-state index contributed by atoms with van der Waals surface area (Å²) in [5, 5.41) is 11.9. The van der Waals surface area contributed by atoms with Crippen LogP contribution in [0.1, 0.15) is 16.0 Å². The van der Waals surface area contributed by atoms with Gasteiger partial charge >= 0.3 is 0 Å². The lowest BCUT2D eigenvalue weighted by Crippen LogP contribution is -2.23. The van der Waals surface area contributed by atoms with Crippen LogP contribution in [0.25, 0.3) is 0 Å². The molecule has 4 heteroatoms. The summed E-state index contributed by atoms with van der Waals surface area (Å²) >= 11 is 1.65. The number of aryl methyl sites for hydroxylation is 1. The van der Waals surface area contributed by atoms with Gasteiger partial charge in [-0.15, -0.1) is 11.3 Å². The monoisotopic (exact) mass is 292 g/mol. The quantitative estimate of drug-likeness (QED) is 0.851. The van der Waals surface area contributed by atoms with Crippen LogP contribution in [0.15, 0.2) is 35.7 Å². The van der Waals surface area contributed by atoms with Gasteiger partial charge in [0.1, 0.15) is 18.5 Å². The van der Waals surface area contributed by atoms with Crippen molar-refractivity contribution >= 4 is 11.3 Å². The molecule has 1 heterocycles. The van der Waals surface area contributed by atoms with Crippen molar-refractivity contribution in [1.29, 1.82) is 0 Å². The number of benzene rings is 1. The Morgan fingerprint density at radius 1 is 1.15 bits per heavy atom. The molecule has 0 aliphatic heterocycles. The van der Waals surface area contributed by atoms with Gasteiger partial charge in [0.15, 0.2) is 0 Å². The second-order valence-corrected chi connectivity index (χ2v) is 5.79. The van der Waals surface area contributed by atoms with Crippen LogP contribution in [0.4, 0.5) is 0 Å². The van der Waals surface area contributed by atoms with Crippen molar-refractivity contribution in [3.8, 4) is 5.75 Å². The smallest absolute Gasteiger partial charge is 0.122 e. The highest BCUT2D eigenvalue weighted by Crippen LogP contribution is 2.20. The number of hydrogen-bond donors (Lipinski definition) is 1. The van der Waals surface area contributed by atoms with E-state index in [0.29, 0.717) is 6.61 Å². The normalized spacial score (nSPS) is 12.3. The lowest BCUT2D eigenvalue weighted by Gasteiger charge is -2.14. The second kappa shape index (κ2) is 7.43. The Kier molecular flexibility index (Phi) is 5.59. The van der Waals surface area contributed by atoms with Crippen molar-refractivity contribution in [2.45, 2.75) is 26.6 Å². The molecule has 0 aliphatic rings. The average Bonchev–Trinajstić information content (AvgIpc) is 2.94. The van der Waals surface area contributed by atoms with Crippen molar-refractivity contribution in [2.24, 2.45) is 0 Å². The highest BCUT2D eigenvalue weighted by atomic mass is 32.1. The van der Waals surface area contributed by atoms with Crippen molar-refractivity contribution in [2.75, 3.05) is 13.2 Å². The summed E-state index contributed by atoms with van der Waals surface area (Å²) in [7, 11) is 0. The van der Waals surface area contributed by atoms with Gasteiger partial charge < -0.3 is 14.6 Å². The predicted molar refractivity (Wildman–Crippen MR) is 81.4 cm³/mol. The fraction of sp³-hybridized carbons (Fsp3) is 0.375. The Bertz CT molecular complexity index is 523. The summed E-state index contributed by atoms with van der Waals surface area (Å²) < 4.78 is 11.1. The number of hydrogen-bond acceptors (Lipinski definition) is 4. The van der Waals surface area contributed by atoms with E-state index in [2.05, 4.69) is 0 Å². The molecule has 0 spiro atoms. The van der Waals surface area contributed by atoms with E-state index in [0.717, 1.165) is 16.2 Å². The zero-order valence-corrected chi connectivity index (χ0v) is 12.7. The molecule has 1 atom stereocenters. The molecule has 0 amide bonds. The predicted octanol–water partition coefficient (Wildman–Crippen LogP) is 3.32. The first-order valence-corrected chi connectivity index (χ1v) is 7.52. The molecular formula is C16H20O3S. The van der Waals surface area contributed by atoms with E-state index >= 15 is 0 Å². The standard InChI is InChI=1S/C16H20O3S/c1-12-5-3-7-16(13(12)2)19-10-14(17)9-18-11-15-6-4-8-20-15/h3-8,14,17H,9-11H2,1-2H3. The highest BCUT2D eigenvalue weighted by molar-refractivity contribution is 7.09. The average molecular weight is 292 g/mol. The summed E-state index contributed by atoms with van der Waals surface area (Å²) in [6.45, 7) is 5.13. The van der Waals surface area contributed by atoms with Crippen molar-refractivity contribution in [3.63, 3.8) is 0 Å². The third-order valence-electron chi connectivity index (χ3n) is 3.12. The summed E-state index contributed by atoms with van der Waals surface area (Å²) in [6, 6.07) is 9.93. The molecule has 20 heavy (non-hydrogen) atoms. The largest absolute Gasteiger partial charge is 0.491 e. The van der Waals surface area contributed by atoms with E-state index < -0.39 is 6.10 Å². The first-order valence-electron chi connectivity index (χ1n) is 6.64. The third-order valence-corrected chi connectivity index (χ3v) is 3.97. The van der Waals surface area contributed by atoms with Gasteiger partial charge in [-0.25, -0.2) is 0 Å². The molecule has 0 saturated carbocycles. The summed E-state index contributed by atoms with van der Waals surface area (Å²) in [4.78, 5) is 1.16. The molecule has 1 aromatic carbocycles. The van der Waals surface area contributed by atoms with Gasteiger partial charge in [-0.05, 0) is 42.5 Å². The molecular weight excluding hydrogens is 272 g/mol. The summed E-state index contributed by atoms with van der Waals surface area (Å²) in [6.07, 6.45) is -0.616. The van der Waals surface area contributed by atoms with Crippen molar-refractivity contribution < 1.29 is 14.6 Å². The zero-order chi connectivity index (χ0) is 14.4. The molecule has 0 aliphatic carbocycles. The summed E-state index contributed by atoms with van der Waals surface area (Å²) in [5.41, 5.74) is 2.30. The Hall–Kier alpha value is -1.36. The molecule has 2 aromatic rings. The summed E-state index contributed by atoms with van der Waals surface area (Å²) in [5.74, 6) is 0.822. The number of aliphatic hydroxyl groups is 1. The molecule has 0 fully saturated rings. The van der Waals surface area contributed by atoms with Crippen LogP contribution in [0.5, 0.6) is 5.75 Å². The molecule has 3 nitrogen and oxygen atoms in total. The molecule has 0 radical (unpaired) electrons. The molecule has 1 N–H and O–H groups in total. The van der Waals surface area contributed by atoms with Gasteiger partial charge in [-0.2, -0.15) is 0 Å². The lowest BCUT2D eigenvalue weighted by atomic mass is 10.1. The number of rotatable bonds is 7. The maximum absolute atomic E-state index is 9.85. The minimum atomic E-state index is -0.616.